The Morgan fingerprint density at radius 3 is 2.30 bits per heavy atom. The van der Waals surface area contributed by atoms with E-state index in [4.69, 9.17) is 0 Å². The van der Waals surface area contributed by atoms with E-state index in [1.165, 1.54) is 0 Å². The third-order valence-corrected chi connectivity index (χ3v) is 3.60. The van der Waals surface area contributed by atoms with Gasteiger partial charge < -0.3 is 5.32 Å². The van der Waals surface area contributed by atoms with Gasteiger partial charge in [-0.05, 0) is 42.3 Å². The molecule has 0 heterocycles. The normalized spacial score (nSPS) is 10.3. The van der Waals surface area contributed by atoms with Crippen molar-refractivity contribution >= 4 is 17.1 Å². The third kappa shape index (κ3) is 3.37. The van der Waals surface area contributed by atoms with E-state index in [0.29, 0.717) is 5.69 Å². The van der Waals surface area contributed by atoms with Gasteiger partial charge in [0.05, 0.1) is 4.92 Å². The molecule has 0 aliphatic heterocycles. The van der Waals surface area contributed by atoms with Gasteiger partial charge in [0.1, 0.15) is 5.69 Å². The number of nitrogens with one attached hydrogen (secondary N) is 1. The molecule has 0 aliphatic carbocycles. The van der Waals surface area contributed by atoms with Crippen LogP contribution in [0.25, 0.3) is 11.1 Å². The van der Waals surface area contributed by atoms with Crippen LogP contribution >= 0.6 is 0 Å². The number of nitro groups is 1. The first kappa shape index (κ1) is 14.8. The van der Waals surface area contributed by atoms with Crippen LogP contribution in [0, 0.1) is 17.0 Å². The van der Waals surface area contributed by atoms with Gasteiger partial charge in [-0.2, -0.15) is 0 Å². The zero-order valence-corrected chi connectivity index (χ0v) is 12.7. The summed E-state index contributed by atoms with van der Waals surface area (Å²) >= 11 is 0. The van der Waals surface area contributed by atoms with Crippen LogP contribution in [0.1, 0.15) is 5.56 Å². The third-order valence-electron chi connectivity index (χ3n) is 3.60. The molecule has 0 unspecified atom stereocenters. The maximum Gasteiger partial charge on any atom is 0.292 e. The maximum atomic E-state index is 11.3. The summed E-state index contributed by atoms with van der Waals surface area (Å²) in [6.45, 7) is 2.03. The first-order valence-corrected chi connectivity index (χ1v) is 7.31. The lowest BCUT2D eigenvalue weighted by Crippen LogP contribution is -1.97. The fraction of sp³-hybridized carbons (Fsp3) is 0.0526. The average molecular weight is 304 g/mol. The molecule has 0 radical (unpaired) electrons. The summed E-state index contributed by atoms with van der Waals surface area (Å²) < 4.78 is 0. The first-order valence-electron chi connectivity index (χ1n) is 7.31. The van der Waals surface area contributed by atoms with Crippen molar-refractivity contribution < 1.29 is 4.92 Å². The van der Waals surface area contributed by atoms with Crippen molar-refractivity contribution in [2.24, 2.45) is 0 Å². The van der Waals surface area contributed by atoms with E-state index in [1.54, 1.807) is 12.1 Å². The Morgan fingerprint density at radius 1 is 0.870 bits per heavy atom. The predicted octanol–water partition coefficient (Wildman–Crippen LogP) is 5.31. The zero-order chi connectivity index (χ0) is 16.2. The smallest absolute Gasteiger partial charge is 0.292 e. The number of benzene rings is 3. The van der Waals surface area contributed by atoms with E-state index >= 15 is 0 Å². The second-order valence-electron chi connectivity index (χ2n) is 5.35. The number of nitro benzene ring substituents is 1. The van der Waals surface area contributed by atoms with Crippen molar-refractivity contribution in [3.8, 4) is 11.1 Å². The van der Waals surface area contributed by atoms with Crippen molar-refractivity contribution in [1.29, 1.82) is 0 Å². The lowest BCUT2D eigenvalue weighted by atomic mass is 10.0. The highest BCUT2D eigenvalue weighted by Crippen LogP contribution is 2.32. The number of para-hydroxylation sites is 1. The number of anilines is 2. The predicted molar refractivity (Wildman–Crippen MR) is 93.0 cm³/mol. The number of hydrogen-bond acceptors (Lipinski definition) is 3. The molecule has 0 bridgehead atoms. The molecule has 3 aromatic carbocycles. The Morgan fingerprint density at radius 2 is 1.61 bits per heavy atom. The summed E-state index contributed by atoms with van der Waals surface area (Å²) in [5.41, 5.74) is 4.50. The summed E-state index contributed by atoms with van der Waals surface area (Å²) in [5, 5.41) is 14.4. The van der Waals surface area contributed by atoms with Gasteiger partial charge in [0.25, 0.3) is 5.69 Å². The fourth-order valence-electron chi connectivity index (χ4n) is 2.48. The van der Waals surface area contributed by atoms with Crippen molar-refractivity contribution in [2.75, 3.05) is 5.32 Å². The topological polar surface area (TPSA) is 55.2 Å². The van der Waals surface area contributed by atoms with Gasteiger partial charge in [0.15, 0.2) is 0 Å². The number of nitrogens with zero attached hydrogens (tertiary/aromatic N) is 1. The van der Waals surface area contributed by atoms with Gasteiger partial charge in [-0.1, -0.05) is 48.0 Å². The van der Waals surface area contributed by atoms with Gasteiger partial charge in [0.2, 0.25) is 0 Å². The lowest BCUT2D eigenvalue weighted by molar-refractivity contribution is -0.383. The molecule has 0 saturated carbocycles. The molecule has 0 amide bonds. The minimum atomic E-state index is -0.370. The summed E-state index contributed by atoms with van der Waals surface area (Å²) in [5.74, 6) is 0. The van der Waals surface area contributed by atoms with Gasteiger partial charge in [0, 0.05) is 11.8 Å². The van der Waals surface area contributed by atoms with E-state index in [1.807, 2.05) is 61.5 Å². The SMILES string of the molecule is Cc1cccc(-c2ccc([N+](=O)[O-])c(Nc3ccccc3)c2)c1. The second-order valence-corrected chi connectivity index (χ2v) is 5.35. The van der Waals surface area contributed by atoms with E-state index in [9.17, 15) is 10.1 Å². The van der Waals surface area contributed by atoms with E-state index in [-0.39, 0.29) is 10.6 Å². The molecule has 0 atom stereocenters. The van der Waals surface area contributed by atoms with Gasteiger partial charge in [-0.15, -0.1) is 0 Å². The minimum absolute atomic E-state index is 0.0604. The van der Waals surface area contributed by atoms with Crippen LogP contribution in [0.3, 0.4) is 0 Å². The molecule has 0 spiro atoms. The van der Waals surface area contributed by atoms with E-state index < -0.39 is 0 Å². The fourth-order valence-corrected chi connectivity index (χ4v) is 2.48. The van der Waals surface area contributed by atoms with Gasteiger partial charge in [-0.3, -0.25) is 10.1 Å². The highest BCUT2D eigenvalue weighted by atomic mass is 16.6. The summed E-state index contributed by atoms with van der Waals surface area (Å²) in [6.07, 6.45) is 0. The van der Waals surface area contributed by atoms with E-state index in [0.717, 1.165) is 22.4 Å². The van der Waals surface area contributed by atoms with E-state index in [2.05, 4.69) is 11.4 Å². The van der Waals surface area contributed by atoms with Crippen LogP contribution in [-0.2, 0) is 0 Å². The Hall–Kier alpha value is -3.14. The van der Waals surface area contributed by atoms with Crippen molar-refractivity contribution in [3.05, 3.63) is 88.5 Å². The average Bonchev–Trinajstić information content (AvgIpc) is 2.55. The number of aryl methyl sites for hydroxylation is 1. The van der Waals surface area contributed by atoms with Gasteiger partial charge >= 0.3 is 0 Å². The summed E-state index contributed by atoms with van der Waals surface area (Å²) in [6, 6.07) is 22.7. The zero-order valence-electron chi connectivity index (χ0n) is 12.7. The molecule has 0 saturated heterocycles. The molecule has 1 N–H and O–H groups in total. The molecule has 4 nitrogen and oxygen atoms in total. The maximum absolute atomic E-state index is 11.3. The van der Waals surface area contributed by atoms with Crippen LogP contribution < -0.4 is 5.32 Å². The largest absolute Gasteiger partial charge is 0.350 e. The first-order chi connectivity index (χ1) is 11.1. The molecule has 0 aromatic heterocycles. The molecular weight excluding hydrogens is 288 g/mol. The molecular formula is C19H16N2O2. The monoisotopic (exact) mass is 304 g/mol. The van der Waals surface area contributed by atoms with Crippen molar-refractivity contribution in [3.63, 3.8) is 0 Å². The Kier molecular flexibility index (Phi) is 4.06. The Labute approximate surface area is 134 Å². The van der Waals surface area contributed by atoms with Crippen molar-refractivity contribution in [1.82, 2.24) is 0 Å². The molecule has 0 fully saturated rings. The van der Waals surface area contributed by atoms with Crippen molar-refractivity contribution in [2.45, 2.75) is 6.92 Å². The number of hydrogen-bond donors (Lipinski definition) is 1. The Balaban J connectivity index is 2.04. The highest BCUT2D eigenvalue weighted by Gasteiger charge is 2.15. The molecule has 3 aromatic rings. The molecule has 0 aliphatic rings. The van der Waals surface area contributed by atoms with Crippen LogP contribution in [-0.4, -0.2) is 4.92 Å². The Bertz CT molecular complexity index is 845. The second kappa shape index (κ2) is 6.32. The molecule has 3 rings (SSSR count). The van der Waals surface area contributed by atoms with Crippen LogP contribution in [0.5, 0.6) is 0 Å². The van der Waals surface area contributed by atoms with Crippen LogP contribution in [0.15, 0.2) is 72.8 Å². The highest BCUT2D eigenvalue weighted by molar-refractivity contribution is 5.77. The summed E-state index contributed by atoms with van der Waals surface area (Å²) in [4.78, 5) is 10.9. The van der Waals surface area contributed by atoms with Crippen LogP contribution in [0.4, 0.5) is 17.1 Å². The molecule has 4 heteroatoms. The standard InChI is InChI=1S/C19H16N2O2/c1-14-6-5-7-15(12-14)16-10-11-19(21(22)23)18(13-16)20-17-8-3-2-4-9-17/h2-13,20H,1H3. The minimum Gasteiger partial charge on any atom is -0.350 e. The quantitative estimate of drug-likeness (QED) is 0.524. The molecule has 114 valence electrons. The van der Waals surface area contributed by atoms with Crippen LogP contribution in [0.2, 0.25) is 0 Å². The number of rotatable bonds is 4. The molecule has 23 heavy (non-hydrogen) atoms. The van der Waals surface area contributed by atoms with Gasteiger partial charge in [-0.25, -0.2) is 0 Å². The summed E-state index contributed by atoms with van der Waals surface area (Å²) in [7, 11) is 0. The lowest BCUT2D eigenvalue weighted by Gasteiger charge is -2.10.